The highest BCUT2D eigenvalue weighted by Crippen LogP contribution is 2.41. The number of hydrogen-bond acceptors (Lipinski definition) is 3. The summed E-state index contributed by atoms with van der Waals surface area (Å²) in [5, 5.41) is 0. The molecule has 0 spiro atoms. The van der Waals surface area contributed by atoms with Crippen LogP contribution in [-0.2, 0) is 9.53 Å². The fourth-order valence-corrected chi connectivity index (χ4v) is 4.70. The predicted octanol–water partition coefficient (Wildman–Crippen LogP) is 2.32. The van der Waals surface area contributed by atoms with Crippen molar-refractivity contribution in [3.63, 3.8) is 0 Å². The van der Waals surface area contributed by atoms with E-state index in [4.69, 9.17) is 4.74 Å². The summed E-state index contributed by atoms with van der Waals surface area (Å²) in [5.74, 6) is 0.597. The summed E-state index contributed by atoms with van der Waals surface area (Å²) >= 11 is 0. The van der Waals surface area contributed by atoms with Crippen LogP contribution in [0.25, 0.3) is 0 Å². The summed E-state index contributed by atoms with van der Waals surface area (Å²) in [4.78, 5) is 30.2. The molecular formula is C20H26N2O3. The second-order valence-corrected chi connectivity index (χ2v) is 7.38. The van der Waals surface area contributed by atoms with Gasteiger partial charge in [-0.25, -0.2) is 0 Å². The normalized spacial score (nSPS) is 29.4. The Kier molecular flexibility index (Phi) is 4.75. The molecule has 5 heteroatoms. The first-order chi connectivity index (χ1) is 12.3. The molecule has 0 aromatic heterocycles. The highest BCUT2D eigenvalue weighted by atomic mass is 16.5. The van der Waals surface area contributed by atoms with E-state index in [2.05, 4.69) is 0 Å². The molecule has 0 bridgehead atoms. The van der Waals surface area contributed by atoms with Crippen LogP contribution in [0.3, 0.4) is 0 Å². The Hall–Kier alpha value is -1.88. The number of benzene rings is 1. The molecule has 1 aromatic carbocycles. The van der Waals surface area contributed by atoms with E-state index in [0.717, 1.165) is 25.7 Å². The molecule has 134 valence electrons. The van der Waals surface area contributed by atoms with E-state index in [1.165, 1.54) is 6.42 Å². The number of carbonyl (C=O) groups is 2. The van der Waals surface area contributed by atoms with Gasteiger partial charge in [0.05, 0.1) is 13.2 Å². The van der Waals surface area contributed by atoms with Crippen molar-refractivity contribution in [2.75, 3.05) is 26.3 Å². The number of rotatable bonds is 2. The Morgan fingerprint density at radius 2 is 1.72 bits per heavy atom. The molecule has 2 aliphatic heterocycles. The quantitative estimate of drug-likeness (QED) is 0.829. The van der Waals surface area contributed by atoms with Crippen LogP contribution >= 0.6 is 0 Å². The molecule has 2 heterocycles. The highest BCUT2D eigenvalue weighted by molar-refractivity contribution is 5.98. The van der Waals surface area contributed by atoms with E-state index >= 15 is 0 Å². The van der Waals surface area contributed by atoms with Gasteiger partial charge in [0.2, 0.25) is 5.91 Å². The van der Waals surface area contributed by atoms with Crippen LogP contribution < -0.4 is 0 Å². The Balaban J connectivity index is 1.61. The number of amides is 2. The smallest absolute Gasteiger partial charge is 0.254 e. The van der Waals surface area contributed by atoms with Crippen molar-refractivity contribution in [1.29, 1.82) is 0 Å². The van der Waals surface area contributed by atoms with Crippen molar-refractivity contribution < 1.29 is 14.3 Å². The van der Waals surface area contributed by atoms with Crippen molar-refractivity contribution in [2.24, 2.45) is 5.92 Å². The number of carbonyl (C=O) groups excluding carboxylic acids is 2. The summed E-state index contributed by atoms with van der Waals surface area (Å²) in [7, 11) is 0. The summed E-state index contributed by atoms with van der Waals surface area (Å²) in [6.07, 6.45) is 5.34. The third-order valence-electron chi connectivity index (χ3n) is 5.95. The monoisotopic (exact) mass is 342 g/mol. The van der Waals surface area contributed by atoms with Crippen LogP contribution in [-0.4, -0.2) is 60.0 Å². The second kappa shape index (κ2) is 7.16. The number of hydrogen-bond donors (Lipinski definition) is 0. The lowest BCUT2D eigenvalue weighted by Crippen LogP contribution is -2.53. The maximum Gasteiger partial charge on any atom is 0.254 e. The Bertz CT molecular complexity index is 627. The lowest BCUT2D eigenvalue weighted by molar-refractivity contribution is -0.139. The third kappa shape index (κ3) is 3.17. The molecule has 1 aliphatic carbocycles. The van der Waals surface area contributed by atoms with E-state index in [1.54, 1.807) is 0 Å². The number of morpholine rings is 1. The molecular weight excluding hydrogens is 316 g/mol. The molecule has 3 atom stereocenters. The van der Waals surface area contributed by atoms with E-state index in [1.807, 2.05) is 40.1 Å². The van der Waals surface area contributed by atoms with Crippen molar-refractivity contribution in [3.05, 3.63) is 35.9 Å². The first kappa shape index (κ1) is 16.6. The minimum atomic E-state index is -0.307. The van der Waals surface area contributed by atoms with Crippen LogP contribution in [0.2, 0.25) is 0 Å². The Morgan fingerprint density at radius 3 is 2.48 bits per heavy atom. The lowest BCUT2D eigenvalue weighted by Gasteiger charge is -2.36. The Labute approximate surface area is 148 Å². The highest BCUT2D eigenvalue weighted by Gasteiger charge is 2.48. The fourth-order valence-electron chi connectivity index (χ4n) is 4.70. The van der Waals surface area contributed by atoms with Gasteiger partial charge < -0.3 is 14.5 Å². The second-order valence-electron chi connectivity index (χ2n) is 7.38. The number of likely N-dealkylation sites (tertiary alicyclic amines) is 1. The number of ether oxygens (including phenoxy) is 1. The molecule has 0 unspecified atom stereocenters. The summed E-state index contributed by atoms with van der Waals surface area (Å²) < 4.78 is 5.38. The molecule has 3 fully saturated rings. The maximum atomic E-state index is 13.2. The molecule has 5 nitrogen and oxygen atoms in total. The SMILES string of the molecule is O=C([C@@H]1C[C@@H]2CCCC[C@@H]2N1C(=O)c1ccccc1)N1CCOCC1. The van der Waals surface area contributed by atoms with Crippen LogP contribution in [0.1, 0.15) is 42.5 Å². The van der Waals surface area contributed by atoms with E-state index in [0.29, 0.717) is 37.8 Å². The maximum absolute atomic E-state index is 13.2. The van der Waals surface area contributed by atoms with Gasteiger partial charge in [0, 0.05) is 24.7 Å². The fraction of sp³-hybridized carbons (Fsp3) is 0.600. The summed E-state index contributed by atoms with van der Waals surface area (Å²) in [5.41, 5.74) is 0.688. The van der Waals surface area contributed by atoms with Gasteiger partial charge in [-0.2, -0.15) is 0 Å². The van der Waals surface area contributed by atoms with Crippen molar-refractivity contribution in [2.45, 2.75) is 44.2 Å². The van der Waals surface area contributed by atoms with E-state index in [9.17, 15) is 9.59 Å². The average molecular weight is 342 g/mol. The lowest BCUT2D eigenvalue weighted by atomic mass is 9.84. The minimum absolute atomic E-state index is 0.0154. The minimum Gasteiger partial charge on any atom is -0.378 e. The topological polar surface area (TPSA) is 49.9 Å². The summed E-state index contributed by atoms with van der Waals surface area (Å²) in [6, 6.07) is 9.32. The van der Waals surface area contributed by atoms with Crippen molar-refractivity contribution >= 4 is 11.8 Å². The molecule has 4 rings (SSSR count). The molecule has 0 N–H and O–H groups in total. The largest absolute Gasteiger partial charge is 0.378 e. The molecule has 2 amide bonds. The first-order valence-electron chi connectivity index (χ1n) is 9.50. The zero-order chi connectivity index (χ0) is 17.2. The average Bonchev–Trinajstić information content (AvgIpc) is 3.07. The third-order valence-corrected chi connectivity index (χ3v) is 5.95. The van der Waals surface area contributed by atoms with Crippen molar-refractivity contribution in [1.82, 2.24) is 9.80 Å². The molecule has 3 aliphatic rings. The van der Waals surface area contributed by atoms with Gasteiger partial charge in [-0.3, -0.25) is 9.59 Å². The van der Waals surface area contributed by atoms with E-state index < -0.39 is 0 Å². The molecule has 1 aromatic rings. The van der Waals surface area contributed by atoms with Crippen LogP contribution in [0.5, 0.6) is 0 Å². The molecule has 0 radical (unpaired) electrons. The zero-order valence-corrected chi connectivity index (χ0v) is 14.6. The molecule has 2 saturated heterocycles. The Morgan fingerprint density at radius 1 is 1.00 bits per heavy atom. The van der Waals surface area contributed by atoms with Gasteiger partial charge in [0.25, 0.3) is 5.91 Å². The molecule has 1 saturated carbocycles. The molecule has 25 heavy (non-hydrogen) atoms. The van der Waals surface area contributed by atoms with Crippen LogP contribution in [0.4, 0.5) is 0 Å². The van der Waals surface area contributed by atoms with Crippen LogP contribution in [0.15, 0.2) is 30.3 Å². The van der Waals surface area contributed by atoms with Gasteiger partial charge in [0.1, 0.15) is 6.04 Å². The summed E-state index contributed by atoms with van der Waals surface area (Å²) in [6.45, 7) is 2.46. The van der Waals surface area contributed by atoms with Gasteiger partial charge >= 0.3 is 0 Å². The first-order valence-corrected chi connectivity index (χ1v) is 9.50. The number of fused-ring (bicyclic) bond motifs is 1. The number of nitrogens with zero attached hydrogens (tertiary/aromatic N) is 2. The standard InChI is InChI=1S/C20H26N2O3/c23-19(15-6-2-1-3-7-15)22-17-9-5-4-8-16(17)14-18(22)20(24)21-10-12-25-13-11-21/h1-3,6-7,16-18H,4-5,8-14H2/t16-,17-,18-/m0/s1. The van der Waals surface area contributed by atoms with Gasteiger partial charge in [0.15, 0.2) is 0 Å². The predicted molar refractivity (Wildman–Crippen MR) is 94.2 cm³/mol. The van der Waals surface area contributed by atoms with E-state index in [-0.39, 0.29) is 23.9 Å². The van der Waals surface area contributed by atoms with Gasteiger partial charge in [-0.05, 0) is 37.3 Å². The van der Waals surface area contributed by atoms with Crippen molar-refractivity contribution in [3.8, 4) is 0 Å². The van der Waals surface area contributed by atoms with Crippen LogP contribution in [0, 0.1) is 5.92 Å². The van der Waals surface area contributed by atoms with Gasteiger partial charge in [-0.1, -0.05) is 31.0 Å². The zero-order valence-electron chi connectivity index (χ0n) is 14.6. The van der Waals surface area contributed by atoms with Gasteiger partial charge in [-0.15, -0.1) is 0 Å².